The Morgan fingerprint density at radius 3 is 2.60 bits per heavy atom. The minimum atomic E-state index is -0.492. The SMILES string of the molecule is CC1(c2ccccc2)Nc2ccccc2-c2nnnn21. The third-order valence-electron chi connectivity index (χ3n) is 3.78. The van der Waals surface area contributed by atoms with Crippen molar-refractivity contribution in [2.24, 2.45) is 0 Å². The lowest BCUT2D eigenvalue weighted by atomic mass is 9.97. The molecule has 5 heteroatoms. The zero-order valence-corrected chi connectivity index (χ0v) is 11.0. The highest BCUT2D eigenvalue weighted by Crippen LogP contribution is 2.39. The monoisotopic (exact) mass is 263 g/mol. The van der Waals surface area contributed by atoms with Gasteiger partial charge in [-0.05, 0) is 35.0 Å². The van der Waals surface area contributed by atoms with Crippen LogP contribution in [0.25, 0.3) is 11.4 Å². The number of para-hydroxylation sites is 1. The molecule has 5 nitrogen and oxygen atoms in total. The second-order valence-corrected chi connectivity index (χ2v) is 5.02. The predicted molar refractivity (Wildman–Crippen MR) is 76.1 cm³/mol. The van der Waals surface area contributed by atoms with Crippen LogP contribution in [0.1, 0.15) is 12.5 Å². The van der Waals surface area contributed by atoms with Crippen molar-refractivity contribution in [1.82, 2.24) is 20.2 Å². The van der Waals surface area contributed by atoms with E-state index in [-0.39, 0.29) is 0 Å². The quantitative estimate of drug-likeness (QED) is 0.733. The number of aromatic nitrogens is 4. The fraction of sp³-hybridized carbons (Fsp3) is 0.133. The molecular weight excluding hydrogens is 250 g/mol. The maximum Gasteiger partial charge on any atom is 0.186 e. The standard InChI is InChI=1S/C15H13N5/c1-15(11-7-3-2-4-8-11)16-13-10-6-5-9-12(13)14-17-18-19-20(14)15/h2-10,16H,1H3. The van der Waals surface area contributed by atoms with Crippen molar-refractivity contribution in [3.63, 3.8) is 0 Å². The predicted octanol–water partition coefficient (Wildman–Crippen LogP) is 2.49. The highest BCUT2D eigenvalue weighted by molar-refractivity contribution is 5.76. The van der Waals surface area contributed by atoms with Crippen LogP contribution >= 0.6 is 0 Å². The molecule has 98 valence electrons. The van der Waals surface area contributed by atoms with Crippen LogP contribution in [0.15, 0.2) is 54.6 Å². The van der Waals surface area contributed by atoms with E-state index in [1.165, 1.54) is 0 Å². The summed E-state index contributed by atoms with van der Waals surface area (Å²) < 4.78 is 1.84. The first kappa shape index (κ1) is 11.2. The lowest BCUT2D eigenvalue weighted by molar-refractivity contribution is 0.393. The fourth-order valence-electron chi connectivity index (χ4n) is 2.72. The topological polar surface area (TPSA) is 55.6 Å². The van der Waals surface area contributed by atoms with Crippen LogP contribution in [0.4, 0.5) is 5.69 Å². The van der Waals surface area contributed by atoms with E-state index in [9.17, 15) is 0 Å². The van der Waals surface area contributed by atoms with Gasteiger partial charge in [-0.15, -0.1) is 5.10 Å². The summed E-state index contributed by atoms with van der Waals surface area (Å²) in [6.07, 6.45) is 0. The molecule has 1 aliphatic heterocycles. The zero-order valence-electron chi connectivity index (χ0n) is 11.0. The van der Waals surface area contributed by atoms with Crippen LogP contribution in [-0.2, 0) is 5.66 Å². The molecule has 0 amide bonds. The number of nitrogens with zero attached hydrogens (tertiary/aromatic N) is 4. The van der Waals surface area contributed by atoms with Crippen LogP contribution in [0.2, 0.25) is 0 Å². The lowest BCUT2D eigenvalue weighted by Gasteiger charge is -2.37. The van der Waals surface area contributed by atoms with Crippen LogP contribution in [0, 0.1) is 0 Å². The van der Waals surface area contributed by atoms with Gasteiger partial charge >= 0.3 is 0 Å². The molecule has 1 aliphatic rings. The Morgan fingerprint density at radius 1 is 1.00 bits per heavy atom. The number of nitrogens with one attached hydrogen (secondary N) is 1. The molecule has 2 aromatic carbocycles. The first-order chi connectivity index (χ1) is 9.79. The number of rotatable bonds is 1. The van der Waals surface area contributed by atoms with E-state index in [0.717, 1.165) is 22.6 Å². The highest BCUT2D eigenvalue weighted by Gasteiger charge is 2.37. The van der Waals surface area contributed by atoms with E-state index in [1.807, 2.05) is 41.1 Å². The molecule has 0 bridgehead atoms. The molecule has 1 N–H and O–H groups in total. The number of hydrogen-bond donors (Lipinski definition) is 1. The van der Waals surface area contributed by atoms with E-state index in [1.54, 1.807) is 0 Å². The van der Waals surface area contributed by atoms with Gasteiger partial charge in [-0.3, -0.25) is 0 Å². The average molecular weight is 263 g/mol. The van der Waals surface area contributed by atoms with Gasteiger partial charge in [-0.2, -0.15) is 4.68 Å². The molecule has 0 saturated heterocycles. The summed E-state index contributed by atoms with van der Waals surface area (Å²) in [5.41, 5.74) is 2.68. The van der Waals surface area contributed by atoms with Crippen molar-refractivity contribution >= 4 is 5.69 Å². The van der Waals surface area contributed by atoms with Crippen LogP contribution in [0.3, 0.4) is 0 Å². The van der Waals surface area contributed by atoms with Gasteiger partial charge in [0.25, 0.3) is 0 Å². The molecule has 0 saturated carbocycles. The summed E-state index contributed by atoms with van der Waals surface area (Å²) in [7, 11) is 0. The zero-order chi connectivity index (χ0) is 13.6. The molecule has 20 heavy (non-hydrogen) atoms. The molecule has 0 aliphatic carbocycles. The number of fused-ring (bicyclic) bond motifs is 3. The van der Waals surface area contributed by atoms with E-state index in [4.69, 9.17) is 0 Å². The number of hydrogen-bond acceptors (Lipinski definition) is 4. The van der Waals surface area contributed by atoms with Gasteiger partial charge in [-0.1, -0.05) is 42.5 Å². The first-order valence-electron chi connectivity index (χ1n) is 6.51. The maximum atomic E-state index is 4.18. The Kier molecular flexibility index (Phi) is 2.18. The molecule has 1 atom stereocenters. The van der Waals surface area contributed by atoms with E-state index < -0.39 is 5.66 Å². The highest BCUT2D eigenvalue weighted by atomic mass is 15.6. The summed E-state index contributed by atoms with van der Waals surface area (Å²) in [6.45, 7) is 2.08. The molecular formula is C15H13N5. The van der Waals surface area contributed by atoms with Gasteiger partial charge in [0.15, 0.2) is 11.5 Å². The average Bonchev–Trinajstić information content (AvgIpc) is 2.99. The second-order valence-electron chi connectivity index (χ2n) is 5.02. The normalized spacial score (nSPS) is 19.9. The maximum absolute atomic E-state index is 4.18. The summed E-state index contributed by atoms with van der Waals surface area (Å²) >= 11 is 0. The Bertz CT molecular complexity index is 765. The number of benzene rings is 2. The molecule has 3 aromatic rings. The third kappa shape index (κ3) is 1.40. The van der Waals surface area contributed by atoms with Crippen molar-refractivity contribution in [2.75, 3.05) is 5.32 Å². The molecule has 1 aromatic heterocycles. The molecule has 4 rings (SSSR count). The van der Waals surface area contributed by atoms with Crippen LogP contribution in [-0.4, -0.2) is 20.2 Å². The van der Waals surface area contributed by atoms with Gasteiger partial charge in [0.2, 0.25) is 0 Å². The van der Waals surface area contributed by atoms with Crippen molar-refractivity contribution < 1.29 is 0 Å². The summed E-state index contributed by atoms with van der Waals surface area (Å²) in [6, 6.07) is 18.3. The number of anilines is 1. The van der Waals surface area contributed by atoms with E-state index in [0.29, 0.717) is 0 Å². The molecule has 0 radical (unpaired) electrons. The third-order valence-corrected chi connectivity index (χ3v) is 3.78. The molecule has 2 heterocycles. The van der Waals surface area contributed by atoms with Crippen LogP contribution < -0.4 is 5.32 Å². The summed E-state index contributed by atoms with van der Waals surface area (Å²) in [5.74, 6) is 0.783. The van der Waals surface area contributed by atoms with Gasteiger partial charge in [0.1, 0.15) is 0 Å². The Labute approximate surface area is 116 Å². The minimum Gasteiger partial charge on any atom is -0.357 e. The number of tetrazole rings is 1. The minimum absolute atomic E-state index is 0.492. The Hall–Kier alpha value is -2.69. The van der Waals surface area contributed by atoms with Gasteiger partial charge in [-0.25, -0.2) is 0 Å². The van der Waals surface area contributed by atoms with Crippen molar-refractivity contribution in [2.45, 2.75) is 12.6 Å². The van der Waals surface area contributed by atoms with Crippen molar-refractivity contribution in [1.29, 1.82) is 0 Å². The molecule has 1 unspecified atom stereocenters. The molecule has 0 fully saturated rings. The van der Waals surface area contributed by atoms with Gasteiger partial charge in [0, 0.05) is 11.3 Å². The summed E-state index contributed by atoms with van der Waals surface area (Å²) in [4.78, 5) is 0. The fourth-order valence-corrected chi connectivity index (χ4v) is 2.72. The van der Waals surface area contributed by atoms with Gasteiger partial charge < -0.3 is 5.32 Å². The molecule has 0 spiro atoms. The van der Waals surface area contributed by atoms with Gasteiger partial charge in [0.05, 0.1) is 0 Å². The van der Waals surface area contributed by atoms with Crippen LogP contribution in [0.5, 0.6) is 0 Å². The largest absolute Gasteiger partial charge is 0.357 e. The van der Waals surface area contributed by atoms with Crippen molar-refractivity contribution in [3.05, 3.63) is 60.2 Å². The Morgan fingerprint density at radius 2 is 1.75 bits per heavy atom. The van der Waals surface area contributed by atoms with E-state index >= 15 is 0 Å². The smallest absolute Gasteiger partial charge is 0.186 e. The summed E-state index contributed by atoms with van der Waals surface area (Å²) in [5, 5.41) is 15.8. The first-order valence-corrected chi connectivity index (χ1v) is 6.51. The lowest BCUT2D eigenvalue weighted by Crippen LogP contribution is -2.43. The van der Waals surface area contributed by atoms with Crippen molar-refractivity contribution in [3.8, 4) is 11.4 Å². The van der Waals surface area contributed by atoms with E-state index in [2.05, 4.69) is 46.0 Å². The second kappa shape index (κ2) is 3.90. The Balaban J connectivity index is 1.98.